The van der Waals surface area contributed by atoms with Crippen LogP contribution in [0, 0.1) is 35.2 Å². The van der Waals surface area contributed by atoms with Crippen molar-refractivity contribution in [2.45, 2.75) is 25.7 Å². The van der Waals surface area contributed by atoms with Crippen molar-refractivity contribution >= 4 is 5.78 Å². The average molecular weight is 254 g/mol. The molecule has 0 radical (unpaired) electrons. The summed E-state index contributed by atoms with van der Waals surface area (Å²) < 4.78 is 39.4. The zero-order valence-electron chi connectivity index (χ0n) is 9.76. The van der Waals surface area contributed by atoms with Gasteiger partial charge in [-0.05, 0) is 30.7 Å². The molecule has 0 saturated heterocycles. The molecule has 0 heterocycles. The number of ketones is 1. The monoisotopic (exact) mass is 254 g/mol. The summed E-state index contributed by atoms with van der Waals surface area (Å²) in [6.07, 6.45) is 4.19. The molecule has 96 valence electrons. The van der Waals surface area contributed by atoms with Gasteiger partial charge in [-0.25, -0.2) is 13.2 Å². The molecular formula is C14H13F3O. The van der Waals surface area contributed by atoms with E-state index < -0.39 is 17.5 Å². The van der Waals surface area contributed by atoms with Gasteiger partial charge < -0.3 is 0 Å². The van der Waals surface area contributed by atoms with E-state index >= 15 is 0 Å². The summed E-state index contributed by atoms with van der Waals surface area (Å²) in [5, 5.41) is 0. The molecule has 18 heavy (non-hydrogen) atoms. The van der Waals surface area contributed by atoms with E-state index in [-0.39, 0.29) is 17.3 Å². The van der Waals surface area contributed by atoms with Crippen LogP contribution in [0.5, 0.6) is 0 Å². The summed E-state index contributed by atoms with van der Waals surface area (Å²) in [5.41, 5.74) is -0.298. The highest BCUT2D eigenvalue weighted by molar-refractivity contribution is 6.00. The molecule has 1 aromatic rings. The number of fused-ring (bicyclic) bond motifs is 1. The Kier molecular flexibility index (Phi) is 2.68. The fourth-order valence-corrected chi connectivity index (χ4v) is 3.27. The Morgan fingerprint density at radius 3 is 2.11 bits per heavy atom. The summed E-state index contributed by atoms with van der Waals surface area (Å²) in [4.78, 5) is 12.1. The van der Waals surface area contributed by atoms with Crippen molar-refractivity contribution in [3.63, 3.8) is 0 Å². The first kappa shape index (κ1) is 11.8. The fourth-order valence-electron chi connectivity index (χ4n) is 3.27. The van der Waals surface area contributed by atoms with Crippen LogP contribution in [0.15, 0.2) is 12.1 Å². The number of hydrogen-bond donors (Lipinski definition) is 0. The molecule has 1 aromatic carbocycles. The third kappa shape index (κ3) is 1.74. The highest BCUT2D eigenvalue weighted by Gasteiger charge is 2.54. The van der Waals surface area contributed by atoms with Crippen molar-refractivity contribution in [1.82, 2.24) is 0 Å². The minimum atomic E-state index is -1.25. The zero-order valence-corrected chi connectivity index (χ0v) is 9.76. The summed E-state index contributed by atoms with van der Waals surface area (Å²) in [6, 6.07) is 1.14. The van der Waals surface area contributed by atoms with Crippen LogP contribution in [0.1, 0.15) is 36.0 Å². The van der Waals surface area contributed by atoms with Crippen LogP contribution in [0.3, 0.4) is 0 Å². The highest BCUT2D eigenvalue weighted by Crippen LogP contribution is 2.56. The van der Waals surface area contributed by atoms with Crippen LogP contribution in [0.2, 0.25) is 0 Å². The van der Waals surface area contributed by atoms with Crippen molar-refractivity contribution in [2.24, 2.45) is 17.8 Å². The van der Waals surface area contributed by atoms with Crippen LogP contribution in [-0.2, 0) is 0 Å². The molecule has 1 nitrogen and oxygen atoms in total. The minimum absolute atomic E-state index is 0.174. The first-order valence-corrected chi connectivity index (χ1v) is 6.28. The van der Waals surface area contributed by atoms with Gasteiger partial charge in [-0.15, -0.1) is 0 Å². The predicted octanol–water partition coefficient (Wildman–Crippen LogP) is 3.72. The smallest absolute Gasteiger partial charge is 0.169 e. The fraction of sp³-hybridized carbons (Fsp3) is 0.500. The van der Waals surface area contributed by atoms with Gasteiger partial charge in [0.25, 0.3) is 0 Å². The molecule has 2 atom stereocenters. The molecule has 2 saturated carbocycles. The van der Waals surface area contributed by atoms with Crippen molar-refractivity contribution in [3.05, 3.63) is 35.1 Å². The van der Waals surface area contributed by atoms with E-state index in [1.165, 1.54) is 0 Å². The number of benzene rings is 1. The first-order chi connectivity index (χ1) is 8.59. The number of carbonyl (C=O) groups is 1. The molecule has 0 aromatic heterocycles. The summed E-state index contributed by atoms with van der Waals surface area (Å²) in [6.45, 7) is 0. The summed E-state index contributed by atoms with van der Waals surface area (Å²) >= 11 is 0. The second-order valence-electron chi connectivity index (χ2n) is 5.25. The third-order valence-electron chi connectivity index (χ3n) is 4.23. The van der Waals surface area contributed by atoms with E-state index in [1.807, 2.05) is 0 Å². The Morgan fingerprint density at radius 1 is 0.944 bits per heavy atom. The molecule has 0 bridgehead atoms. The molecule has 0 N–H and O–H groups in total. The number of rotatable bonds is 2. The maximum Gasteiger partial charge on any atom is 0.169 e. The van der Waals surface area contributed by atoms with E-state index in [0.717, 1.165) is 25.7 Å². The summed E-state index contributed by atoms with van der Waals surface area (Å²) in [7, 11) is 0. The molecule has 3 rings (SSSR count). The van der Waals surface area contributed by atoms with E-state index in [0.29, 0.717) is 24.0 Å². The quantitative estimate of drug-likeness (QED) is 0.580. The lowest BCUT2D eigenvalue weighted by Crippen LogP contribution is -2.08. The Morgan fingerprint density at radius 2 is 1.50 bits per heavy atom. The van der Waals surface area contributed by atoms with Gasteiger partial charge in [-0.3, -0.25) is 4.79 Å². The maximum absolute atomic E-state index is 13.5. The lowest BCUT2D eigenvalue weighted by molar-refractivity contribution is 0.0951. The Balaban J connectivity index is 1.87. The maximum atomic E-state index is 13.5. The molecular weight excluding hydrogens is 241 g/mol. The van der Waals surface area contributed by atoms with Gasteiger partial charge in [0.1, 0.15) is 5.82 Å². The van der Waals surface area contributed by atoms with Gasteiger partial charge >= 0.3 is 0 Å². The van der Waals surface area contributed by atoms with E-state index in [4.69, 9.17) is 0 Å². The number of hydrogen-bond acceptors (Lipinski definition) is 1. The zero-order chi connectivity index (χ0) is 12.9. The van der Waals surface area contributed by atoms with E-state index in [9.17, 15) is 18.0 Å². The van der Waals surface area contributed by atoms with Crippen LogP contribution >= 0.6 is 0 Å². The number of halogens is 3. The molecule has 0 spiro atoms. The second-order valence-corrected chi connectivity index (χ2v) is 5.25. The molecule has 2 unspecified atom stereocenters. The number of Topliss-reactive ketones (excluding diaryl/α,β-unsaturated/α-hetero) is 1. The minimum Gasteiger partial charge on any atom is -0.294 e. The van der Waals surface area contributed by atoms with E-state index in [1.54, 1.807) is 0 Å². The van der Waals surface area contributed by atoms with Gasteiger partial charge in [0, 0.05) is 12.0 Å². The standard InChI is InChI=1S/C14H13F3O/c15-10-6-12(17)11(16)5-9(10)14(18)13-7-3-1-2-4-8(7)13/h5-8,13H,1-4H2. The third-order valence-corrected chi connectivity index (χ3v) is 4.23. The van der Waals surface area contributed by atoms with Crippen molar-refractivity contribution < 1.29 is 18.0 Å². The largest absolute Gasteiger partial charge is 0.294 e. The SMILES string of the molecule is O=C(c1cc(F)c(F)cc1F)C1C2CCCCC21. The summed E-state index contributed by atoms with van der Waals surface area (Å²) in [5.74, 6) is -3.24. The normalized spacial score (nSPS) is 29.8. The average Bonchev–Trinajstić information content (AvgIpc) is 3.07. The Hall–Kier alpha value is -1.32. The van der Waals surface area contributed by atoms with Crippen LogP contribution in [0.4, 0.5) is 13.2 Å². The predicted molar refractivity (Wildman–Crippen MR) is 59.6 cm³/mol. The van der Waals surface area contributed by atoms with Crippen molar-refractivity contribution in [2.75, 3.05) is 0 Å². The Labute approximate surface area is 103 Å². The van der Waals surface area contributed by atoms with Gasteiger partial charge in [0.05, 0.1) is 5.56 Å². The Bertz CT molecular complexity index is 500. The molecule has 2 aliphatic rings. The molecule has 4 heteroatoms. The molecule has 2 aliphatic carbocycles. The molecule has 0 aliphatic heterocycles. The van der Waals surface area contributed by atoms with E-state index in [2.05, 4.69) is 0 Å². The lowest BCUT2D eigenvalue weighted by atomic mass is 10.0. The first-order valence-electron chi connectivity index (χ1n) is 6.28. The molecule has 2 fully saturated rings. The lowest BCUT2D eigenvalue weighted by Gasteiger charge is -2.04. The van der Waals surface area contributed by atoms with Crippen molar-refractivity contribution in [1.29, 1.82) is 0 Å². The van der Waals surface area contributed by atoms with Crippen LogP contribution in [0.25, 0.3) is 0 Å². The highest BCUT2D eigenvalue weighted by atomic mass is 19.2. The van der Waals surface area contributed by atoms with Crippen LogP contribution in [-0.4, -0.2) is 5.78 Å². The molecule has 0 amide bonds. The van der Waals surface area contributed by atoms with Crippen LogP contribution < -0.4 is 0 Å². The topological polar surface area (TPSA) is 17.1 Å². The van der Waals surface area contributed by atoms with Gasteiger partial charge in [-0.2, -0.15) is 0 Å². The van der Waals surface area contributed by atoms with Crippen molar-refractivity contribution in [3.8, 4) is 0 Å². The van der Waals surface area contributed by atoms with Gasteiger partial charge in [-0.1, -0.05) is 12.8 Å². The number of carbonyl (C=O) groups excluding carboxylic acids is 1. The van der Waals surface area contributed by atoms with Gasteiger partial charge in [0.2, 0.25) is 0 Å². The van der Waals surface area contributed by atoms with Gasteiger partial charge in [0.15, 0.2) is 17.4 Å². The second kappa shape index (κ2) is 4.11.